The van der Waals surface area contributed by atoms with Crippen LogP contribution in [0.15, 0.2) is 21.7 Å². The number of hydrogen-bond acceptors (Lipinski definition) is 4. The molecule has 1 atom stereocenters. The van der Waals surface area contributed by atoms with Crippen molar-refractivity contribution in [3.05, 3.63) is 17.5 Å². The molecular formula is C10H14N2OS2. The van der Waals surface area contributed by atoms with E-state index in [-0.39, 0.29) is 5.91 Å². The lowest BCUT2D eigenvalue weighted by molar-refractivity contribution is -0.123. The summed E-state index contributed by atoms with van der Waals surface area (Å²) in [5.74, 6) is 0.518. The minimum absolute atomic E-state index is 0.294. The molecule has 4 N–H and O–H groups in total. The molecule has 3 nitrogen and oxygen atoms in total. The molecule has 2 rings (SSSR count). The van der Waals surface area contributed by atoms with Crippen molar-refractivity contribution < 1.29 is 4.79 Å². The minimum atomic E-state index is -0.811. The van der Waals surface area contributed by atoms with Crippen molar-refractivity contribution in [1.82, 2.24) is 0 Å². The first-order valence-electron chi connectivity index (χ1n) is 4.88. The second-order valence-electron chi connectivity index (χ2n) is 3.90. The SMILES string of the molecule is NC(=O)C(N)(CSc1cccs1)C1CC1. The molecule has 1 amide bonds. The van der Waals surface area contributed by atoms with Gasteiger partial charge in [0.1, 0.15) is 5.54 Å². The first kappa shape index (κ1) is 11.0. The highest BCUT2D eigenvalue weighted by molar-refractivity contribution is 8.01. The molecule has 1 aliphatic rings. The molecule has 1 aliphatic carbocycles. The van der Waals surface area contributed by atoms with Crippen molar-refractivity contribution in [3.63, 3.8) is 0 Å². The highest BCUT2D eigenvalue weighted by Crippen LogP contribution is 2.41. The van der Waals surface area contributed by atoms with Gasteiger partial charge in [-0.2, -0.15) is 0 Å². The Labute approximate surface area is 97.2 Å². The van der Waals surface area contributed by atoms with E-state index in [9.17, 15) is 4.79 Å². The van der Waals surface area contributed by atoms with Gasteiger partial charge < -0.3 is 11.5 Å². The second-order valence-corrected chi connectivity index (χ2v) is 6.12. The normalized spacial score (nSPS) is 19.8. The molecule has 1 heterocycles. The maximum Gasteiger partial charge on any atom is 0.238 e. The average molecular weight is 242 g/mol. The summed E-state index contributed by atoms with van der Waals surface area (Å²) in [5.41, 5.74) is 10.6. The smallest absolute Gasteiger partial charge is 0.238 e. The maximum absolute atomic E-state index is 11.3. The van der Waals surface area contributed by atoms with Gasteiger partial charge in [0.05, 0.1) is 4.21 Å². The van der Waals surface area contributed by atoms with Gasteiger partial charge in [-0.05, 0) is 30.2 Å². The molecule has 1 saturated carbocycles. The Kier molecular flexibility index (Phi) is 3.04. The van der Waals surface area contributed by atoms with E-state index in [1.54, 1.807) is 23.1 Å². The first-order chi connectivity index (χ1) is 7.13. The van der Waals surface area contributed by atoms with Crippen LogP contribution in [0, 0.1) is 5.92 Å². The molecule has 1 fully saturated rings. The molecule has 1 aromatic heterocycles. The van der Waals surface area contributed by atoms with Gasteiger partial charge in [0, 0.05) is 5.75 Å². The molecule has 0 bridgehead atoms. The number of thiophene rings is 1. The van der Waals surface area contributed by atoms with Crippen molar-refractivity contribution >= 4 is 29.0 Å². The van der Waals surface area contributed by atoms with Crippen LogP contribution in [-0.4, -0.2) is 17.2 Å². The van der Waals surface area contributed by atoms with Crippen LogP contribution >= 0.6 is 23.1 Å². The molecule has 1 unspecified atom stereocenters. The molecule has 5 heteroatoms. The van der Waals surface area contributed by atoms with Crippen molar-refractivity contribution in [3.8, 4) is 0 Å². The number of nitrogens with two attached hydrogens (primary N) is 2. The van der Waals surface area contributed by atoms with E-state index in [1.165, 1.54) is 4.21 Å². The number of rotatable bonds is 5. The largest absolute Gasteiger partial charge is 0.368 e. The molecule has 0 spiro atoms. The number of primary amides is 1. The zero-order chi connectivity index (χ0) is 10.9. The van der Waals surface area contributed by atoms with E-state index >= 15 is 0 Å². The van der Waals surface area contributed by atoms with E-state index in [2.05, 4.69) is 0 Å². The van der Waals surface area contributed by atoms with Gasteiger partial charge in [-0.15, -0.1) is 23.1 Å². The van der Waals surface area contributed by atoms with Crippen LogP contribution in [0.25, 0.3) is 0 Å². The molecule has 82 valence electrons. The van der Waals surface area contributed by atoms with Crippen molar-refractivity contribution in [2.45, 2.75) is 22.6 Å². The molecule has 0 saturated heterocycles. The Hall–Kier alpha value is -0.520. The molecule has 1 aromatic rings. The molecule has 0 radical (unpaired) electrons. The number of thioether (sulfide) groups is 1. The second kappa shape index (κ2) is 4.15. The van der Waals surface area contributed by atoms with Crippen molar-refractivity contribution in [2.75, 3.05) is 5.75 Å². The molecule has 15 heavy (non-hydrogen) atoms. The van der Waals surface area contributed by atoms with Crippen LogP contribution < -0.4 is 11.5 Å². The number of carbonyl (C=O) groups is 1. The molecular weight excluding hydrogens is 228 g/mol. The number of amides is 1. The Morgan fingerprint density at radius 3 is 2.87 bits per heavy atom. The molecule has 0 aliphatic heterocycles. The molecule has 0 aromatic carbocycles. The fourth-order valence-corrected chi connectivity index (χ4v) is 3.52. The maximum atomic E-state index is 11.3. The summed E-state index contributed by atoms with van der Waals surface area (Å²) in [7, 11) is 0. The number of hydrogen-bond donors (Lipinski definition) is 2. The van der Waals surface area contributed by atoms with Gasteiger partial charge in [0.25, 0.3) is 0 Å². The fraction of sp³-hybridized carbons (Fsp3) is 0.500. The third kappa shape index (κ3) is 2.35. The monoisotopic (exact) mass is 242 g/mol. The van der Waals surface area contributed by atoms with Crippen LogP contribution in [0.1, 0.15) is 12.8 Å². The number of carbonyl (C=O) groups excluding carboxylic acids is 1. The lowest BCUT2D eigenvalue weighted by Gasteiger charge is -2.24. The van der Waals surface area contributed by atoms with E-state index in [4.69, 9.17) is 11.5 Å². The first-order valence-corrected chi connectivity index (χ1v) is 6.74. The summed E-state index contributed by atoms with van der Waals surface area (Å²) >= 11 is 3.29. The predicted molar refractivity (Wildman–Crippen MR) is 63.9 cm³/mol. The zero-order valence-electron chi connectivity index (χ0n) is 8.31. The predicted octanol–water partition coefficient (Wildman–Crippen LogP) is 1.43. The fourth-order valence-electron chi connectivity index (χ4n) is 1.52. The van der Waals surface area contributed by atoms with Crippen molar-refractivity contribution in [1.29, 1.82) is 0 Å². The lowest BCUT2D eigenvalue weighted by atomic mass is 9.96. The third-order valence-corrected chi connectivity index (χ3v) is 5.06. The standard InChI is InChI=1S/C10H14N2OS2/c11-9(13)10(12,7-3-4-7)6-15-8-2-1-5-14-8/h1-2,5,7H,3-4,6,12H2,(H2,11,13). The lowest BCUT2D eigenvalue weighted by Crippen LogP contribution is -2.56. The summed E-state index contributed by atoms with van der Waals surface area (Å²) < 4.78 is 1.19. The van der Waals surface area contributed by atoms with Crippen LogP contribution in [0.5, 0.6) is 0 Å². The average Bonchev–Trinajstić information content (AvgIpc) is 2.93. The zero-order valence-corrected chi connectivity index (χ0v) is 9.94. The van der Waals surface area contributed by atoms with Gasteiger partial charge in [-0.25, -0.2) is 0 Å². The highest BCUT2D eigenvalue weighted by atomic mass is 32.2. The van der Waals surface area contributed by atoms with Crippen LogP contribution in [0.4, 0.5) is 0 Å². The van der Waals surface area contributed by atoms with Crippen LogP contribution in [0.3, 0.4) is 0 Å². The minimum Gasteiger partial charge on any atom is -0.368 e. The summed E-state index contributed by atoms with van der Waals surface area (Å²) in [6.07, 6.45) is 2.06. The van der Waals surface area contributed by atoms with Gasteiger partial charge in [-0.3, -0.25) is 4.79 Å². The Balaban J connectivity index is 1.98. The van der Waals surface area contributed by atoms with Gasteiger partial charge in [-0.1, -0.05) is 6.07 Å². The summed E-state index contributed by atoms with van der Waals surface area (Å²) in [5, 5.41) is 2.02. The highest BCUT2D eigenvalue weighted by Gasteiger charge is 2.46. The van der Waals surface area contributed by atoms with Gasteiger partial charge in [0.2, 0.25) is 5.91 Å². The Bertz CT molecular complexity index is 348. The van der Waals surface area contributed by atoms with Crippen molar-refractivity contribution in [2.24, 2.45) is 17.4 Å². The van der Waals surface area contributed by atoms with Crippen LogP contribution in [0.2, 0.25) is 0 Å². The van der Waals surface area contributed by atoms with Gasteiger partial charge in [0.15, 0.2) is 0 Å². The Morgan fingerprint density at radius 2 is 2.40 bits per heavy atom. The summed E-state index contributed by atoms with van der Waals surface area (Å²) in [4.78, 5) is 11.3. The van der Waals surface area contributed by atoms with E-state index in [0.29, 0.717) is 11.7 Å². The summed E-state index contributed by atoms with van der Waals surface area (Å²) in [6.45, 7) is 0. The van der Waals surface area contributed by atoms with E-state index in [0.717, 1.165) is 12.8 Å². The van der Waals surface area contributed by atoms with E-state index in [1.807, 2.05) is 17.5 Å². The topological polar surface area (TPSA) is 69.1 Å². The third-order valence-electron chi connectivity index (χ3n) is 2.71. The van der Waals surface area contributed by atoms with Gasteiger partial charge >= 0.3 is 0 Å². The quantitative estimate of drug-likeness (QED) is 0.767. The van der Waals surface area contributed by atoms with E-state index < -0.39 is 5.54 Å². The summed E-state index contributed by atoms with van der Waals surface area (Å²) in [6, 6.07) is 4.02. The Morgan fingerprint density at radius 1 is 1.67 bits per heavy atom. The van der Waals surface area contributed by atoms with Crippen LogP contribution in [-0.2, 0) is 4.79 Å².